The quantitative estimate of drug-likeness (QED) is 0.259. The molecule has 0 aliphatic rings. The third-order valence-corrected chi connectivity index (χ3v) is 0.402. The number of carbonyl (C=O) groups is 1. The minimum atomic E-state index is -0.637. The first kappa shape index (κ1) is 10.9. The van der Waals surface area contributed by atoms with Crippen LogP contribution in [0.2, 0.25) is 0 Å². The Labute approximate surface area is 65.3 Å². The number of rotatable bonds is 2. The zero-order valence-corrected chi connectivity index (χ0v) is 6.12. The van der Waals surface area contributed by atoms with Gasteiger partial charge in [0, 0.05) is 0 Å². The van der Waals surface area contributed by atoms with Gasteiger partial charge in [-0.25, -0.2) is 0 Å². The smallest absolute Gasteiger partial charge is 0.394 e. The van der Waals surface area contributed by atoms with Crippen molar-refractivity contribution in [3.8, 4) is 0 Å². The Morgan fingerprint density at radius 1 is 1.75 bits per heavy atom. The van der Waals surface area contributed by atoms with E-state index < -0.39 is 5.24 Å². The molecular formula is C5H3ClOV. The fourth-order valence-electron chi connectivity index (χ4n) is 0.114. The Balaban J connectivity index is 0. The van der Waals surface area contributed by atoms with Crippen LogP contribution in [0.1, 0.15) is 0 Å². The fourth-order valence-corrected chi connectivity index (χ4v) is 0.177. The van der Waals surface area contributed by atoms with Gasteiger partial charge in [0.2, 0.25) is 0 Å². The zero-order chi connectivity index (χ0) is 5.70. The number of halogens is 1. The number of carbonyl (C=O) groups excluding carboxylic acids is 1. The topological polar surface area (TPSA) is 17.1 Å². The third-order valence-electron chi connectivity index (χ3n) is 0.293. The van der Waals surface area contributed by atoms with Crippen LogP contribution < -0.4 is 0 Å². The van der Waals surface area contributed by atoms with Crippen LogP contribution in [-0.2, 0) is 23.4 Å². The molecule has 41 valence electrons. The first-order chi connectivity index (χ1) is 3.27. The van der Waals surface area contributed by atoms with E-state index >= 15 is 0 Å². The molecule has 0 atom stereocenters. The van der Waals surface area contributed by atoms with Gasteiger partial charge >= 0.3 is 18.6 Å². The minimum absolute atomic E-state index is 0. The molecule has 1 radical (unpaired) electrons. The number of allylic oxidation sites excluding steroid dienone is 3. The van der Waals surface area contributed by atoms with Crippen LogP contribution in [0.4, 0.5) is 0 Å². The molecule has 3 heteroatoms. The van der Waals surface area contributed by atoms with E-state index in [4.69, 9.17) is 18.2 Å². The van der Waals surface area contributed by atoms with Crippen molar-refractivity contribution in [2.75, 3.05) is 0 Å². The molecule has 0 spiro atoms. The van der Waals surface area contributed by atoms with Crippen molar-refractivity contribution in [2.24, 2.45) is 0 Å². The molecule has 0 bridgehead atoms. The van der Waals surface area contributed by atoms with Crippen molar-refractivity contribution >= 4 is 16.8 Å². The normalized spacial score (nSPS) is 8.12. The molecule has 0 aromatic rings. The molecule has 0 saturated heterocycles. The second-order valence-corrected chi connectivity index (χ2v) is 1.12. The van der Waals surface area contributed by atoms with E-state index in [1.807, 2.05) is 0 Å². The van der Waals surface area contributed by atoms with Crippen molar-refractivity contribution in [1.29, 1.82) is 0 Å². The molecule has 0 heterocycles. The van der Waals surface area contributed by atoms with Crippen molar-refractivity contribution < 1.29 is 23.4 Å². The van der Waals surface area contributed by atoms with Crippen molar-refractivity contribution in [3.05, 3.63) is 24.8 Å². The molecule has 0 saturated carbocycles. The van der Waals surface area contributed by atoms with E-state index in [9.17, 15) is 4.79 Å². The van der Waals surface area contributed by atoms with Gasteiger partial charge < -0.3 is 23.5 Å². The zero-order valence-electron chi connectivity index (χ0n) is 3.97. The van der Waals surface area contributed by atoms with E-state index in [0.29, 0.717) is 0 Å². The molecule has 0 amide bonds. The molecule has 8 heavy (non-hydrogen) atoms. The van der Waals surface area contributed by atoms with Crippen molar-refractivity contribution in [1.82, 2.24) is 0 Å². The first-order valence-corrected chi connectivity index (χ1v) is 1.98. The Morgan fingerprint density at radius 2 is 2.25 bits per heavy atom. The molecule has 1 nitrogen and oxygen atoms in total. The fraction of sp³-hybridized carbons (Fsp3) is 0. The maximum Gasteiger partial charge on any atom is 2.00 e. The summed E-state index contributed by atoms with van der Waals surface area (Å²) in [5.74, 6) is 0. The minimum Gasteiger partial charge on any atom is -0.394 e. The Bertz CT molecular complexity index is 109. The molecule has 0 aromatic heterocycles. The molecule has 0 fully saturated rings. The maximum atomic E-state index is 9.75. The van der Waals surface area contributed by atoms with Crippen LogP contribution in [0.15, 0.2) is 12.2 Å². The Kier molecular flexibility index (Phi) is 9.58. The number of hydrogen-bond donors (Lipinski definition) is 0. The van der Waals surface area contributed by atoms with Crippen molar-refractivity contribution in [2.45, 2.75) is 0 Å². The molecule has 0 aliphatic heterocycles. The average molecular weight is 165 g/mol. The van der Waals surface area contributed by atoms with Gasteiger partial charge in [-0.3, -0.25) is 6.08 Å². The SMILES string of the molecule is [CH-]=CC=[C-]C(=O)Cl.[V+2]. The van der Waals surface area contributed by atoms with Crippen LogP contribution in [0.5, 0.6) is 0 Å². The summed E-state index contributed by atoms with van der Waals surface area (Å²) in [6.45, 7) is 4.82. The van der Waals surface area contributed by atoms with E-state index in [1.165, 1.54) is 12.2 Å². The summed E-state index contributed by atoms with van der Waals surface area (Å²) in [6.07, 6.45) is 4.54. The van der Waals surface area contributed by atoms with Gasteiger partial charge in [0.15, 0.2) is 0 Å². The summed E-state index contributed by atoms with van der Waals surface area (Å²) in [5.41, 5.74) is 0. The van der Waals surface area contributed by atoms with Crippen LogP contribution >= 0.6 is 11.6 Å². The maximum absolute atomic E-state index is 9.75. The standard InChI is InChI=1S/C5H3ClO.V/c1-2-3-4-5(6)7;/h1-3H;/q-2;+2. The van der Waals surface area contributed by atoms with E-state index in [2.05, 4.69) is 6.08 Å². The van der Waals surface area contributed by atoms with E-state index in [-0.39, 0.29) is 18.6 Å². The molecular weight excluding hydrogens is 162 g/mol. The van der Waals surface area contributed by atoms with Crippen LogP contribution in [0.25, 0.3) is 0 Å². The number of hydrogen-bond acceptors (Lipinski definition) is 1. The second-order valence-electron chi connectivity index (χ2n) is 0.777. The predicted molar refractivity (Wildman–Crippen MR) is 27.5 cm³/mol. The summed E-state index contributed by atoms with van der Waals surface area (Å²) < 4.78 is 0. The van der Waals surface area contributed by atoms with E-state index in [0.717, 1.165) is 0 Å². The Morgan fingerprint density at radius 3 is 2.38 bits per heavy atom. The summed E-state index contributed by atoms with van der Waals surface area (Å²) in [6, 6.07) is 0. The summed E-state index contributed by atoms with van der Waals surface area (Å²) in [4.78, 5) is 9.75. The van der Waals surface area contributed by atoms with Gasteiger partial charge in [0.05, 0.1) is 0 Å². The van der Waals surface area contributed by atoms with Crippen molar-refractivity contribution in [3.63, 3.8) is 0 Å². The molecule has 0 aromatic carbocycles. The summed E-state index contributed by atoms with van der Waals surface area (Å²) in [5, 5.41) is -0.637. The summed E-state index contributed by atoms with van der Waals surface area (Å²) in [7, 11) is 0. The van der Waals surface area contributed by atoms with Crippen LogP contribution in [-0.4, -0.2) is 5.24 Å². The monoisotopic (exact) mass is 165 g/mol. The first-order valence-electron chi connectivity index (χ1n) is 1.60. The van der Waals surface area contributed by atoms with Gasteiger partial charge in [0.1, 0.15) is 5.24 Å². The average Bonchev–Trinajstić information content (AvgIpc) is 1.61. The second kappa shape index (κ2) is 7.02. The van der Waals surface area contributed by atoms with Crippen LogP contribution in [0.3, 0.4) is 0 Å². The molecule has 0 aliphatic carbocycles. The predicted octanol–water partition coefficient (Wildman–Crippen LogP) is 1.10. The van der Waals surface area contributed by atoms with E-state index in [1.54, 1.807) is 0 Å². The summed E-state index contributed by atoms with van der Waals surface area (Å²) >= 11 is 4.80. The Hall–Kier alpha value is 0.0244. The van der Waals surface area contributed by atoms with Gasteiger partial charge in [-0.15, -0.1) is 0 Å². The molecule has 0 unspecified atom stereocenters. The van der Waals surface area contributed by atoms with Gasteiger partial charge in [-0.2, -0.15) is 0 Å². The third kappa shape index (κ3) is 9.39. The van der Waals surface area contributed by atoms with Gasteiger partial charge in [-0.05, 0) is 0 Å². The van der Waals surface area contributed by atoms with Gasteiger partial charge in [-0.1, -0.05) is 11.6 Å². The molecule has 0 N–H and O–H groups in total. The largest absolute Gasteiger partial charge is 2.00 e. The van der Waals surface area contributed by atoms with Crippen LogP contribution in [0, 0.1) is 12.7 Å². The van der Waals surface area contributed by atoms with Gasteiger partial charge in [0.25, 0.3) is 0 Å². The molecule has 0 rings (SSSR count).